The highest BCUT2D eigenvalue weighted by Gasteiger charge is 2.23. The van der Waals surface area contributed by atoms with E-state index in [1.807, 2.05) is 0 Å². The van der Waals surface area contributed by atoms with Gasteiger partial charge in [-0.1, -0.05) is 31.4 Å². The van der Waals surface area contributed by atoms with E-state index in [0.717, 1.165) is 6.42 Å². The Morgan fingerprint density at radius 1 is 1.12 bits per heavy atom. The summed E-state index contributed by atoms with van der Waals surface area (Å²) >= 11 is 5.81. The molecule has 2 rings (SSSR count). The standard InChI is InChI=1S/C18H26ClN3O2/c1-13-5-3-4-6-16(13)21-18(24)12-22(2)11-17(23)20-15-9-7-14(19)8-10-15/h7-10,13,16H,3-6,11-12H2,1-2H3,(H,20,23)(H,21,24)/t13-,16-/m0/s1. The highest BCUT2D eigenvalue weighted by molar-refractivity contribution is 6.30. The van der Waals surface area contributed by atoms with Gasteiger partial charge in [-0.25, -0.2) is 0 Å². The molecule has 0 aromatic heterocycles. The number of hydrogen-bond donors (Lipinski definition) is 2. The van der Waals surface area contributed by atoms with E-state index in [1.54, 1.807) is 36.2 Å². The lowest BCUT2D eigenvalue weighted by molar-refractivity contribution is -0.124. The third-order valence-corrected chi connectivity index (χ3v) is 4.66. The van der Waals surface area contributed by atoms with Crippen LogP contribution in [0.5, 0.6) is 0 Å². The molecule has 24 heavy (non-hydrogen) atoms. The third-order valence-electron chi connectivity index (χ3n) is 4.41. The number of amides is 2. The second-order valence-electron chi connectivity index (χ2n) is 6.66. The van der Waals surface area contributed by atoms with Crippen molar-refractivity contribution in [2.45, 2.75) is 38.6 Å². The molecule has 2 amide bonds. The van der Waals surface area contributed by atoms with Crippen molar-refractivity contribution in [3.05, 3.63) is 29.3 Å². The van der Waals surface area contributed by atoms with Gasteiger partial charge < -0.3 is 10.6 Å². The summed E-state index contributed by atoms with van der Waals surface area (Å²) in [6.45, 7) is 2.57. The lowest BCUT2D eigenvalue weighted by Crippen LogP contribution is -2.46. The molecule has 1 aliphatic carbocycles. The first-order valence-electron chi connectivity index (χ1n) is 8.47. The minimum absolute atomic E-state index is 0.0180. The van der Waals surface area contributed by atoms with Gasteiger partial charge in [-0.05, 0) is 50.1 Å². The average molecular weight is 352 g/mol. The molecule has 2 atom stereocenters. The molecule has 0 unspecified atom stereocenters. The molecule has 0 spiro atoms. The van der Waals surface area contributed by atoms with E-state index in [-0.39, 0.29) is 30.9 Å². The van der Waals surface area contributed by atoms with E-state index in [2.05, 4.69) is 17.6 Å². The SMILES string of the molecule is C[C@H]1CCCC[C@@H]1NC(=O)CN(C)CC(=O)Nc1ccc(Cl)cc1. The Bertz CT molecular complexity index is 562. The molecule has 6 heteroatoms. The average Bonchev–Trinajstić information content (AvgIpc) is 2.51. The van der Waals surface area contributed by atoms with E-state index in [4.69, 9.17) is 11.6 Å². The zero-order valence-electron chi connectivity index (χ0n) is 14.3. The Morgan fingerprint density at radius 2 is 1.75 bits per heavy atom. The maximum atomic E-state index is 12.1. The fourth-order valence-corrected chi connectivity index (χ4v) is 3.19. The Balaban J connectivity index is 1.73. The van der Waals surface area contributed by atoms with Gasteiger partial charge in [-0.3, -0.25) is 14.5 Å². The number of likely N-dealkylation sites (N-methyl/N-ethyl adjacent to an activating group) is 1. The van der Waals surface area contributed by atoms with Crippen LogP contribution >= 0.6 is 11.6 Å². The highest BCUT2D eigenvalue weighted by Crippen LogP contribution is 2.23. The van der Waals surface area contributed by atoms with Crippen molar-refractivity contribution in [2.75, 3.05) is 25.5 Å². The predicted octanol–water partition coefficient (Wildman–Crippen LogP) is 2.91. The zero-order valence-corrected chi connectivity index (χ0v) is 15.1. The number of benzene rings is 1. The molecule has 1 aliphatic rings. The van der Waals surface area contributed by atoms with Crippen LogP contribution in [0, 0.1) is 5.92 Å². The Labute approximate surface area is 148 Å². The summed E-state index contributed by atoms with van der Waals surface area (Å²) in [7, 11) is 1.77. The van der Waals surface area contributed by atoms with E-state index in [9.17, 15) is 9.59 Å². The van der Waals surface area contributed by atoms with Gasteiger partial charge in [0.05, 0.1) is 13.1 Å². The topological polar surface area (TPSA) is 61.4 Å². The van der Waals surface area contributed by atoms with E-state index >= 15 is 0 Å². The van der Waals surface area contributed by atoms with Crippen molar-refractivity contribution >= 4 is 29.1 Å². The molecule has 1 saturated carbocycles. The van der Waals surface area contributed by atoms with E-state index in [1.165, 1.54) is 19.3 Å². The number of carbonyl (C=O) groups excluding carboxylic acids is 2. The van der Waals surface area contributed by atoms with Gasteiger partial charge in [-0.15, -0.1) is 0 Å². The molecule has 1 aromatic carbocycles. The molecular weight excluding hydrogens is 326 g/mol. The molecule has 132 valence electrons. The van der Waals surface area contributed by atoms with Crippen LogP contribution in [0.15, 0.2) is 24.3 Å². The number of carbonyl (C=O) groups is 2. The molecule has 1 fully saturated rings. The van der Waals surface area contributed by atoms with Crippen molar-refractivity contribution < 1.29 is 9.59 Å². The van der Waals surface area contributed by atoms with E-state index < -0.39 is 0 Å². The van der Waals surface area contributed by atoms with Crippen molar-refractivity contribution in [1.82, 2.24) is 10.2 Å². The summed E-state index contributed by atoms with van der Waals surface area (Å²) in [5.74, 6) is 0.357. The van der Waals surface area contributed by atoms with Gasteiger partial charge in [0.15, 0.2) is 0 Å². The Hall–Kier alpha value is -1.59. The molecule has 2 N–H and O–H groups in total. The number of nitrogens with zero attached hydrogens (tertiary/aromatic N) is 1. The normalized spacial score (nSPS) is 20.7. The monoisotopic (exact) mass is 351 g/mol. The number of anilines is 1. The predicted molar refractivity (Wildman–Crippen MR) is 97.1 cm³/mol. The van der Waals surface area contributed by atoms with Crippen LogP contribution in [0.4, 0.5) is 5.69 Å². The van der Waals surface area contributed by atoms with Crippen LogP contribution in [0.3, 0.4) is 0 Å². The molecule has 0 heterocycles. The van der Waals surface area contributed by atoms with Crippen molar-refractivity contribution in [3.8, 4) is 0 Å². The van der Waals surface area contributed by atoms with Gasteiger partial charge in [0.2, 0.25) is 11.8 Å². The highest BCUT2D eigenvalue weighted by atomic mass is 35.5. The van der Waals surface area contributed by atoms with Crippen LogP contribution in [0.2, 0.25) is 5.02 Å². The van der Waals surface area contributed by atoms with Crippen molar-refractivity contribution in [3.63, 3.8) is 0 Å². The summed E-state index contributed by atoms with van der Waals surface area (Å²) in [6.07, 6.45) is 4.64. The van der Waals surface area contributed by atoms with Gasteiger partial charge in [0.25, 0.3) is 0 Å². The minimum Gasteiger partial charge on any atom is -0.352 e. The van der Waals surface area contributed by atoms with Gasteiger partial charge in [0, 0.05) is 16.8 Å². The first-order valence-corrected chi connectivity index (χ1v) is 8.85. The second kappa shape index (κ2) is 9.04. The molecule has 0 aliphatic heterocycles. The number of halogens is 1. The maximum Gasteiger partial charge on any atom is 0.238 e. The van der Waals surface area contributed by atoms with Gasteiger partial charge in [-0.2, -0.15) is 0 Å². The fraction of sp³-hybridized carbons (Fsp3) is 0.556. The quantitative estimate of drug-likeness (QED) is 0.828. The smallest absolute Gasteiger partial charge is 0.238 e. The van der Waals surface area contributed by atoms with Crippen molar-refractivity contribution in [2.24, 2.45) is 5.92 Å². The lowest BCUT2D eigenvalue weighted by Gasteiger charge is -2.30. The minimum atomic E-state index is -0.154. The molecule has 5 nitrogen and oxygen atoms in total. The molecule has 0 saturated heterocycles. The number of hydrogen-bond acceptors (Lipinski definition) is 3. The van der Waals surface area contributed by atoms with Crippen LogP contribution in [0.1, 0.15) is 32.6 Å². The first kappa shape index (κ1) is 18.7. The van der Waals surface area contributed by atoms with Crippen molar-refractivity contribution in [1.29, 1.82) is 0 Å². The molecule has 0 bridgehead atoms. The third kappa shape index (κ3) is 6.13. The fourth-order valence-electron chi connectivity index (χ4n) is 3.06. The lowest BCUT2D eigenvalue weighted by atomic mass is 9.86. The summed E-state index contributed by atoms with van der Waals surface area (Å²) < 4.78 is 0. The van der Waals surface area contributed by atoms with Gasteiger partial charge in [0.1, 0.15) is 0 Å². The molecule has 1 aromatic rings. The maximum absolute atomic E-state index is 12.1. The second-order valence-corrected chi connectivity index (χ2v) is 7.10. The number of nitrogens with one attached hydrogen (secondary N) is 2. The van der Waals surface area contributed by atoms with Crippen LogP contribution in [-0.4, -0.2) is 42.9 Å². The number of rotatable bonds is 6. The van der Waals surface area contributed by atoms with Gasteiger partial charge >= 0.3 is 0 Å². The van der Waals surface area contributed by atoms with Crippen LogP contribution < -0.4 is 10.6 Å². The van der Waals surface area contributed by atoms with Crippen LogP contribution in [0.25, 0.3) is 0 Å². The van der Waals surface area contributed by atoms with Crippen LogP contribution in [-0.2, 0) is 9.59 Å². The summed E-state index contributed by atoms with van der Waals surface area (Å²) in [5, 5.41) is 6.52. The summed E-state index contributed by atoms with van der Waals surface area (Å²) in [5.41, 5.74) is 0.693. The molecule has 0 radical (unpaired) electrons. The summed E-state index contributed by atoms with van der Waals surface area (Å²) in [6, 6.07) is 7.20. The zero-order chi connectivity index (χ0) is 17.5. The molecular formula is C18H26ClN3O2. The summed E-state index contributed by atoms with van der Waals surface area (Å²) in [4.78, 5) is 25.9. The Kier molecular flexibility index (Phi) is 7.06. The first-order chi connectivity index (χ1) is 11.4. The largest absolute Gasteiger partial charge is 0.352 e. The van der Waals surface area contributed by atoms with E-state index in [0.29, 0.717) is 16.6 Å². The Morgan fingerprint density at radius 3 is 2.42 bits per heavy atom.